The molecular formula is C12H18O2. The molecule has 0 aromatic heterocycles. The summed E-state index contributed by atoms with van der Waals surface area (Å²) in [5.74, 6) is 2.29. The standard InChI is InChI=1S/C12H18O2/c13-7-12-4-8-1-2-11(14)10(6-12)3-9(8)5-12/h8-10,13H,1-7H2. The van der Waals surface area contributed by atoms with E-state index in [4.69, 9.17) is 0 Å². The SMILES string of the molecule is O=C1CCC2CC3(CO)CC1CC2C3. The van der Waals surface area contributed by atoms with E-state index in [0.717, 1.165) is 37.5 Å². The molecule has 3 aliphatic rings. The van der Waals surface area contributed by atoms with Crippen molar-refractivity contribution in [1.82, 2.24) is 0 Å². The third-order valence-corrected chi connectivity index (χ3v) is 4.88. The molecule has 0 radical (unpaired) electrons. The molecule has 3 saturated carbocycles. The van der Waals surface area contributed by atoms with E-state index in [1.165, 1.54) is 12.8 Å². The highest BCUT2D eigenvalue weighted by Crippen LogP contribution is 2.58. The van der Waals surface area contributed by atoms with Gasteiger partial charge in [-0.05, 0) is 49.4 Å². The molecule has 0 saturated heterocycles. The molecule has 0 amide bonds. The van der Waals surface area contributed by atoms with Gasteiger partial charge in [0.2, 0.25) is 0 Å². The molecule has 1 N–H and O–H groups in total. The van der Waals surface area contributed by atoms with Crippen molar-refractivity contribution in [1.29, 1.82) is 0 Å². The predicted octanol–water partition coefficient (Wildman–Crippen LogP) is 1.76. The van der Waals surface area contributed by atoms with Crippen molar-refractivity contribution in [3.8, 4) is 0 Å². The van der Waals surface area contributed by atoms with E-state index in [1.54, 1.807) is 0 Å². The fraction of sp³-hybridized carbons (Fsp3) is 0.917. The Balaban J connectivity index is 1.95. The molecular weight excluding hydrogens is 176 g/mol. The molecule has 0 spiro atoms. The second kappa shape index (κ2) is 2.82. The van der Waals surface area contributed by atoms with E-state index in [-0.39, 0.29) is 5.41 Å². The lowest BCUT2D eigenvalue weighted by molar-refractivity contribution is -0.125. The van der Waals surface area contributed by atoms with Crippen molar-refractivity contribution in [3.63, 3.8) is 0 Å². The topological polar surface area (TPSA) is 37.3 Å². The van der Waals surface area contributed by atoms with Crippen LogP contribution in [0, 0.1) is 23.2 Å². The molecule has 4 unspecified atom stereocenters. The molecule has 0 aliphatic heterocycles. The van der Waals surface area contributed by atoms with Crippen LogP contribution in [0.4, 0.5) is 0 Å². The molecule has 3 fully saturated rings. The van der Waals surface area contributed by atoms with Gasteiger partial charge >= 0.3 is 0 Å². The molecule has 3 rings (SSSR count). The molecule has 0 aromatic carbocycles. The first-order chi connectivity index (χ1) is 6.72. The van der Waals surface area contributed by atoms with Gasteiger partial charge in [0.15, 0.2) is 0 Å². The number of hydrogen-bond donors (Lipinski definition) is 1. The summed E-state index contributed by atoms with van der Waals surface area (Å²) in [5.41, 5.74) is 0.147. The number of ketones is 1. The number of rotatable bonds is 1. The van der Waals surface area contributed by atoms with Crippen molar-refractivity contribution in [2.45, 2.75) is 38.5 Å². The van der Waals surface area contributed by atoms with Gasteiger partial charge < -0.3 is 5.11 Å². The molecule has 0 heterocycles. The zero-order valence-electron chi connectivity index (χ0n) is 8.54. The Morgan fingerprint density at radius 3 is 2.86 bits per heavy atom. The van der Waals surface area contributed by atoms with Crippen LogP contribution in [0.25, 0.3) is 0 Å². The van der Waals surface area contributed by atoms with E-state index >= 15 is 0 Å². The van der Waals surface area contributed by atoms with Gasteiger partial charge in [0, 0.05) is 18.9 Å². The number of carbonyl (C=O) groups excluding carboxylic acids is 1. The summed E-state index contributed by atoms with van der Waals surface area (Å²) in [7, 11) is 0. The van der Waals surface area contributed by atoms with Gasteiger partial charge in [-0.15, -0.1) is 0 Å². The van der Waals surface area contributed by atoms with Crippen LogP contribution in [-0.2, 0) is 4.79 Å². The monoisotopic (exact) mass is 194 g/mol. The van der Waals surface area contributed by atoms with E-state index in [1.807, 2.05) is 0 Å². The van der Waals surface area contributed by atoms with Crippen molar-refractivity contribution < 1.29 is 9.90 Å². The average molecular weight is 194 g/mol. The van der Waals surface area contributed by atoms with Crippen molar-refractivity contribution >= 4 is 5.78 Å². The van der Waals surface area contributed by atoms with Gasteiger partial charge in [-0.3, -0.25) is 4.79 Å². The summed E-state index contributed by atoms with van der Waals surface area (Å²) in [6.45, 7) is 0.309. The second-order valence-corrected chi connectivity index (χ2v) is 5.73. The maximum absolute atomic E-state index is 11.8. The molecule has 3 aliphatic carbocycles. The van der Waals surface area contributed by atoms with Crippen LogP contribution in [-0.4, -0.2) is 17.5 Å². The number of aliphatic hydroxyl groups excluding tert-OH is 1. The maximum Gasteiger partial charge on any atom is 0.136 e. The summed E-state index contributed by atoms with van der Waals surface area (Å²) < 4.78 is 0. The number of fused-ring (bicyclic) bond motifs is 2. The fourth-order valence-corrected chi connectivity index (χ4v) is 4.25. The Morgan fingerprint density at radius 2 is 2.07 bits per heavy atom. The normalized spacial score (nSPS) is 50.9. The largest absolute Gasteiger partial charge is 0.396 e. The first-order valence-corrected chi connectivity index (χ1v) is 5.86. The fourth-order valence-electron chi connectivity index (χ4n) is 4.25. The van der Waals surface area contributed by atoms with Gasteiger partial charge in [0.25, 0.3) is 0 Å². The van der Waals surface area contributed by atoms with Crippen LogP contribution < -0.4 is 0 Å². The number of aliphatic hydroxyl groups is 1. The van der Waals surface area contributed by atoms with E-state index < -0.39 is 0 Å². The van der Waals surface area contributed by atoms with E-state index in [0.29, 0.717) is 18.3 Å². The van der Waals surface area contributed by atoms with E-state index in [2.05, 4.69) is 0 Å². The highest BCUT2D eigenvalue weighted by molar-refractivity contribution is 5.81. The third kappa shape index (κ3) is 1.10. The Kier molecular flexibility index (Phi) is 1.79. The molecule has 3 bridgehead atoms. The van der Waals surface area contributed by atoms with Crippen LogP contribution in [0.5, 0.6) is 0 Å². The van der Waals surface area contributed by atoms with Gasteiger partial charge in [0.05, 0.1) is 0 Å². The zero-order valence-corrected chi connectivity index (χ0v) is 8.54. The highest BCUT2D eigenvalue weighted by atomic mass is 16.3. The molecule has 0 aromatic rings. The Hall–Kier alpha value is -0.370. The molecule has 78 valence electrons. The second-order valence-electron chi connectivity index (χ2n) is 5.73. The van der Waals surface area contributed by atoms with Crippen LogP contribution >= 0.6 is 0 Å². The van der Waals surface area contributed by atoms with Crippen molar-refractivity contribution in [2.24, 2.45) is 23.2 Å². The lowest BCUT2D eigenvalue weighted by Gasteiger charge is -2.35. The summed E-state index contributed by atoms with van der Waals surface area (Å²) in [6.07, 6.45) is 6.41. The molecule has 14 heavy (non-hydrogen) atoms. The maximum atomic E-state index is 11.8. The van der Waals surface area contributed by atoms with Crippen LogP contribution in [0.1, 0.15) is 38.5 Å². The lowest BCUT2D eigenvalue weighted by atomic mass is 9.70. The first-order valence-electron chi connectivity index (χ1n) is 5.86. The minimum absolute atomic E-state index is 0.147. The third-order valence-electron chi connectivity index (χ3n) is 4.88. The Bertz CT molecular complexity index is 273. The predicted molar refractivity (Wildman–Crippen MR) is 52.7 cm³/mol. The summed E-state index contributed by atoms with van der Waals surface area (Å²) in [5, 5.41) is 9.50. The van der Waals surface area contributed by atoms with E-state index in [9.17, 15) is 9.90 Å². The van der Waals surface area contributed by atoms with Gasteiger partial charge in [-0.2, -0.15) is 0 Å². The van der Waals surface area contributed by atoms with Crippen molar-refractivity contribution in [3.05, 3.63) is 0 Å². The minimum atomic E-state index is 0.147. The number of carbonyl (C=O) groups is 1. The summed E-state index contributed by atoms with van der Waals surface area (Å²) >= 11 is 0. The summed E-state index contributed by atoms with van der Waals surface area (Å²) in [4.78, 5) is 11.8. The van der Waals surface area contributed by atoms with Crippen LogP contribution in [0.3, 0.4) is 0 Å². The molecule has 2 nitrogen and oxygen atoms in total. The Labute approximate surface area is 84.7 Å². The minimum Gasteiger partial charge on any atom is -0.396 e. The zero-order chi connectivity index (χ0) is 9.76. The molecule has 4 atom stereocenters. The number of hydrogen-bond acceptors (Lipinski definition) is 2. The molecule has 2 heteroatoms. The van der Waals surface area contributed by atoms with Crippen LogP contribution in [0.15, 0.2) is 0 Å². The number of Topliss-reactive ketones (excluding diaryl/α,β-unsaturated/α-hetero) is 1. The highest BCUT2D eigenvalue weighted by Gasteiger charge is 2.52. The van der Waals surface area contributed by atoms with Gasteiger partial charge in [0.1, 0.15) is 5.78 Å². The average Bonchev–Trinajstić information content (AvgIpc) is 2.41. The van der Waals surface area contributed by atoms with Crippen LogP contribution in [0.2, 0.25) is 0 Å². The first kappa shape index (κ1) is 8.90. The lowest BCUT2D eigenvalue weighted by Crippen LogP contribution is -2.33. The quantitative estimate of drug-likeness (QED) is 0.690. The van der Waals surface area contributed by atoms with Gasteiger partial charge in [-0.1, -0.05) is 0 Å². The van der Waals surface area contributed by atoms with Crippen molar-refractivity contribution in [2.75, 3.05) is 6.61 Å². The Morgan fingerprint density at radius 1 is 1.29 bits per heavy atom. The summed E-state index contributed by atoms with van der Waals surface area (Å²) in [6, 6.07) is 0. The smallest absolute Gasteiger partial charge is 0.136 e. The van der Waals surface area contributed by atoms with Gasteiger partial charge in [-0.25, -0.2) is 0 Å².